The summed E-state index contributed by atoms with van der Waals surface area (Å²) >= 11 is 5.98. The Kier molecular flexibility index (Phi) is 8.07. The molecule has 34 heavy (non-hydrogen) atoms. The Bertz CT molecular complexity index is 1180. The highest BCUT2D eigenvalue weighted by Crippen LogP contribution is 2.31. The molecule has 182 valence electrons. The Balaban J connectivity index is 1.52. The van der Waals surface area contributed by atoms with Crippen molar-refractivity contribution in [1.82, 2.24) is 4.31 Å². The third-order valence-corrected chi connectivity index (χ3v) is 7.63. The number of ether oxygens (including phenoxy) is 2. The predicted octanol–water partition coefficient (Wildman–Crippen LogP) is 2.84. The van der Waals surface area contributed by atoms with Crippen LogP contribution in [0.15, 0.2) is 47.4 Å². The molecular formula is C21H22ClN3O8S. The van der Waals surface area contributed by atoms with Crippen LogP contribution in [0.3, 0.4) is 0 Å². The standard InChI is InChI=1S/C21H22ClN3O8S/c1-32-17-5-2-15(3-6-17)23-20(26)13-33-21(27)14-8-10-24(11-9-14)34(30,31)19-12-16(25(28)29)4-7-18(19)22/h2-7,12,14H,8-11,13H2,1H3,(H,23,26). The minimum Gasteiger partial charge on any atom is -0.497 e. The van der Waals surface area contributed by atoms with Crippen molar-refractivity contribution >= 4 is 44.9 Å². The van der Waals surface area contributed by atoms with E-state index in [0.29, 0.717) is 11.4 Å². The van der Waals surface area contributed by atoms with Gasteiger partial charge in [-0.2, -0.15) is 4.31 Å². The lowest BCUT2D eigenvalue weighted by atomic mass is 9.98. The van der Waals surface area contributed by atoms with Crippen molar-refractivity contribution in [2.75, 3.05) is 32.1 Å². The highest BCUT2D eigenvalue weighted by molar-refractivity contribution is 7.89. The molecule has 11 nitrogen and oxygen atoms in total. The first-order valence-corrected chi connectivity index (χ1v) is 12.0. The monoisotopic (exact) mass is 511 g/mol. The van der Waals surface area contributed by atoms with Gasteiger partial charge in [-0.25, -0.2) is 8.42 Å². The summed E-state index contributed by atoms with van der Waals surface area (Å²) in [7, 11) is -2.57. The predicted molar refractivity (Wildman–Crippen MR) is 122 cm³/mol. The van der Waals surface area contributed by atoms with Gasteiger partial charge in [0.25, 0.3) is 11.6 Å². The molecule has 0 spiro atoms. The number of sulfonamides is 1. The van der Waals surface area contributed by atoms with Gasteiger partial charge in [0, 0.05) is 30.9 Å². The fourth-order valence-electron chi connectivity index (χ4n) is 3.40. The second-order valence-electron chi connectivity index (χ2n) is 7.43. The molecule has 0 radical (unpaired) electrons. The van der Waals surface area contributed by atoms with E-state index in [0.717, 1.165) is 22.5 Å². The second-order valence-corrected chi connectivity index (χ2v) is 9.75. The maximum Gasteiger partial charge on any atom is 0.309 e. The van der Waals surface area contributed by atoms with Gasteiger partial charge in [0.1, 0.15) is 10.6 Å². The number of hydrogen-bond acceptors (Lipinski definition) is 8. The van der Waals surface area contributed by atoms with Crippen molar-refractivity contribution in [2.45, 2.75) is 17.7 Å². The molecule has 0 saturated carbocycles. The lowest BCUT2D eigenvalue weighted by Gasteiger charge is -2.30. The van der Waals surface area contributed by atoms with Crippen LogP contribution in [-0.4, -0.2) is 56.3 Å². The highest BCUT2D eigenvalue weighted by Gasteiger charge is 2.34. The minimum absolute atomic E-state index is 0.000828. The van der Waals surface area contributed by atoms with Crippen LogP contribution in [0.5, 0.6) is 5.75 Å². The third-order valence-electron chi connectivity index (χ3n) is 5.25. The molecular weight excluding hydrogens is 490 g/mol. The molecule has 1 heterocycles. The van der Waals surface area contributed by atoms with Crippen LogP contribution in [0.25, 0.3) is 0 Å². The van der Waals surface area contributed by atoms with Crippen LogP contribution < -0.4 is 10.1 Å². The Morgan fingerprint density at radius 2 is 1.82 bits per heavy atom. The van der Waals surface area contributed by atoms with Gasteiger partial charge in [0.05, 0.1) is 23.0 Å². The average molecular weight is 512 g/mol. The van der Waals surface area contributed by atoms with E-state index in [1.54, 1.807) is 24.3 Å². The molecule has 3 rings (SSSR count). The van der Waals surface area contributed by atoms with Crippen molar-refractivity contribution in [3.05, 3.63) is 57.6 Å². The quantitative estimate of drug-likeness (QED) is 0.323. The number of carbonyl (C=O) groups excluding carboxylic acids is 2. The van der Waals surface area contributed by atoms with E-state index in [2.05, 4.69) is 5.32 Å². The summed E-state index contributed by atoms with van der Waals surface area (Å²) in [5.74, 6) is -1.07. The largest absolute Gasteiger partial charge is 0.497 e. The van der Waals surface area contributed by atoms with Gasteiger partial charge in [-0.05, 0) is 43.2 Å². The molecule has 0 unspecified atom stereocenters. The van der Waals surface area contributed by atoms with Gasteiger partial charge in [0.15, 0.2) is 6.61 Å². The number of nitrogens with one attached hydrogen (secondary N) is 1. The summed E-state index contributed by atoms with van der Waals surface area (Å²) in [6, 6.07) is 9.82. The van der Waals surface area contributed by atoms with Gasteiger partial charge in [-0.1, -0.05) is 11.6 Å². The molecule has 1 amide bonds. The van der Waals surface area contributed by atoms with Crippen molar-refractivity contribution in [3.8, 4) is 5.75 Å². The first-order valence-electron chi connectivity index (χ1n) is 10.2. The number of esters is 1. The number of rotatable bonds is 8. The summed E-state index contributed by atoms with van der Waals surface area (Å²) in [4.78, 5) is 34.3. The van der Waals surface area contributed by atoms with Gasteiger partial charge in [0.2, 0.25) is 10.0 Å². The van der Waals surface area contributed by atoms with Crippen LogP contribution in [0, 0.1) is 16.0 Å². The number of halogens is 1. The molecule has 1 aliphatic heterocycles. The molecule has 13 heteroatoms. The van der Waals surface area contributed by atoms with Crippen LogP contribution in [0.2, 0.25) is 5.02 Å². The first kappa shape index (κ1) is 25.4. The highest BCUT2D eigenvalue weighted by atomic mass is 35.5. The Labute approximate surface area is 200 Å². The zero-order chi connectivity index (χ0) is 24.9. The number of non-ortho nitro benzene ring substituents is 1. The van der Waals surface area contributed by atoms with Crippen molar-refractivity contribution in [2.24, 2.45) is 5.92 Å². The van der Waals surface area contributed by atoms with Crippen molar-refractivity contribution < 1.29 is 32.4 Å². The number of nitro benzene ring substituents is 1. The zero-order valence-electron chi connectivity index (χ0n) is 18.1. The summed E-state index contributed by atoms with van der Waals surface area (Å²) < 4.78 is 37.1. The summed E-state index contributed by atoms with van der Waals surface area (Å²) in [5, 5.41) is 13.5. The molecule has 0 aromatic heterocycles. The third kappa shape index (κ3) is 6.01. The number of anilines is 1. The van der Waals surface area contributed by atoms with E-state index < -0.39 is 45.0 Å². The van der Waals surface area contributed by atoms with Gasteiger partial charge in [-0.15, -0.1) is 0 Å². The van der Waals surface area contributed by atoms with Crippen molar-refractivity contribution in [1.29, 1.82) is 0 Å². The number of methoxy groups -OCH3 is 1. The second kappa shape index (κ2) is 10.8. The topological polar surface area (TPSA) is 145 Å². The fourth-order valence-corrected chi connectivity index (χ4v) is 5.36. The number of nitrogens with zero attached hydrogens (tertiary/aromatic N) is 2. The van der Waals surface area contributed by atoms with E-state index in [1.807, 2.05) is 0 Å². The number of carbonyl (C=O) groups is 2. The molecule has 1 fully saturated rings. The van der Waals surface area contributed by atoms with Crippen LogP contribution in [-0.2, 0) is 24.3 Å². The number of hydrogen-bond donors (Lipinski definition) is 1. The summed E-state index contributed by atoms with van der Waals surface area (Å²) in [5.41, 5.74) is 0.120. The number of amides is 1. The van der Waals surface area contributed by atoms with Crippen LogP contribution in [0.4, 0.5) is 11.4 Å². The average Bonchev–Trinajstić information content (AvgIpc) is 2.83. The Hall–Kier alpha value is -3.22. The number of benzene rings is 2. The maximum atomic E-state index is 12.9. The van der Waals surface area contributed by atoms with E-state index in [9.17, 15) is 28.1 Å². The number of nitro groups is 1. The van der Waals surface area contributed by atoms with E-state index >= 15 is 0 Å². The van der Waals surface area contributed by atoms with Crippen LogP contribution in [0.1, 0.15) is 12.8 Å². The van der Waals surface area contributed by atoms with Crippen molar-refractivity contribution in [3.63, 3.8) is 0 Å². The van der Waals surface area contributed by atoms with Gasteiger partial charge in [-0.3, -0.25) is 19.7 Å². The van der Waals surface area contributed by atoms with Crippen LogP contribution >= 0.6 is 11.6 Å². The number of piperidine rings is 1. The lowest BCUT2D eigenvalue weighted by molar-refractivity contribution is -0.385. The molecule has 0 atom stereocenters. The first-order chi connectivity index (χ1) is 16.1. The zero-order valence-corrected chi connectivity index (χ0v) is 19.7. The Morgan fingerprint density at radius 1 is 1.18 bits per heavy atom. The maximum absolute atomic E-state index is 12.9. The molecule has 1 saturated heterocycles. The van der Waals surface area contributed by atoms with E-state index in [-0.39, 0.29) is 35.8 Å². The SMILES string of the molecule is COc1ccc(NC(=O)COC(=O)C2CCN(S(=O)(=O)c3cc([N+](=O)[O-])ccc3Cl)CC2)cc1. The Morgan fingerprint density at radius 3 is 2.41 bits per heavy atom. The summed E-state index contributed by atoms with van der Waals surface area (Å²) in [6.07, 6.45) is 0.343. The molecule has 2 aromatic carbocycles. The minimum atomic E-state index is -4.09. The molecule has 2 aromatic rings. The molecule has 0 aliphatic carbocycles. The molecule has 1 aliphatic rings. The fraction of sp³-hybridized carbons (Fsp3) is 0.333. The van der Waals surface area contributed by atoms with E-state index in [1.165, 1.54) is 7.11 Å². The van der Waals surface area contributed by atoms with Gasteiger partial charge < -0.3 is 14.8 Å². The normalized spacial score (nSPS) is 14.9. The summed E-state index contributed by atoms with van der Waals surface area (Å²) in [6.45, 7) is -0.481. The smallest absolute Gasteiger partial charge is 0.309 e. The van der Waals surface area contributed by atoms with Gasteiger partial charge >= 0.3 is 5.97 Å². The van der Waals surface area contributed by atoms with E-state index in [4.69, 9.17) is 21.1 Å². The molecule has 1 N–H and O–H groups in total. The molecule has 0 bridgehead atoms. The lowest BCUT2D eigenvalue weighted by Crippen LogP contribution is -2.41.